The molecule has 0 bridgehead atoms. The summed E-state index contributed by atoms with van der Waals surface area (Å²) in [6.45, 7) is 6.69. The molecule has 1 aromatic carbocycles. The summed E-state index contributed by atoms with van der Waals surface area (Å²) in [6, 6.07) is 4.64. The van der Waals surface area contributed by atoms with E-state index in [1.807, 2.05) is 6.92 Å². The van der Waals surface area contributed by atoms with E-state index in [0.717, 1.165) is 32.4 Å². The normalized spacial score (nSPS) is 17.6. The number of halogens is 1. The van der Waals surface area contributed by atoms with Crippen molar-refractivity contribution in [3.05, 3.63) is 29.6 Å². The molecule has 2 rings (SSSR count). The molecule has 0 spiro atoms. The molecular weight excluding hydrogens is 311 g/mol. The molecule has 1 amide bonds. The van der Waals surface area contributed by atoms with Crippen molar-refractivity contribution in [1.82, 2.24) is 10.2 Å². The van der Waals surface area contributed by atoms with E-state index in [1.165, 1.54) is 6.07 Å². The molecule has 1 N–H and O–H groups in total. The second-order valence-electron chi connectivity index (χ2n) is 6.11. The molecule has 1 atom stereocenters. The third kappa shape index (κ3) is 5.37. The van der Waals surface area contributed by atoms with Crippen LogP contribution in [-0.4, -0.2) is 43.3 Å². The maximum absolute atomic E-state index is 13.9. The lowest BCUT2D eigenvalue weighted by Crippen LogP contribution is -2.52. The molecule has 5 nitrogen and oxygen atoms in total. The Kier molecular flexibility index (Phi) is 7.31. The van der Waals surface area contributed by atoms with Gasteiger partial charge in [0, 0.05) is 31.2 Å². The Balaban J connectivity index is 1.87. The van der Waals surface area contributed by atoms with Crippen LogP contribution < -0.4 is 10.1 Å². The van der Waals surface area contributed by atoms with Crippen molar-refractivity contribution in [2.24, 2.45) is 0 Å². The first-order valence-electron chi connectivity index (χ1n) is 8.67. The van der Waals surface area contributed by atoms with Crippen molar-refractivity contribution in [1.29, 1.82) is 0 Å². The average Bonchev–Trinajstić information content (AvgIpc) is 2.59. The molecule has 0 aromatic heterocycles. The Bertz CT molecular complexity index is 539. The van der Waals surface area contributed by atoms with Gasteiger partial charge in [0.2, 0.25) is 0 Å². The summed E-state index contributed by atoms with van der Waals surface area (Å²) in [5.74, 6) is 0.214. The topological polar surface area (TPSA) is 50.8 Å². The van der Waals surface area contributed by atoms with E-state index in [9.17, 15) is 9.18 Å². The van der Waals surface area contributed by atoms with Crippen LogP contribution in [0.2, 0.25) is 0 Å². The zero-order valence-electron chi connectivity index (χ0n) is 14.5. The predicted molar refractivity (Wildman–Crippen MR) is 90.6 cm³/mol. The van der Waals surface area contributed by atoms with Crippen LogP contribution in [0.5, 0.6) is 5.75 Å². The second kappa shape index (κ2) is 9.47. The summed E-state index contributed by atoms with van der Waals surface area (Å²) in [7, 11) is 0. The van der Waals surface area contributed by atoms with Crippen LogP contribution in [0, 0.1) is 5.82 Å². The SMILES string of the molecule is CCCCCOc1ccc(F)c(COC(=O)N2CCNC[C@H]2C)c1. The second-order valence-corrected chi connectivity index (χ2v) is 6.11. The van der Waals surface area contributed by atoms with Crippen molar-refractivity contribution in [2.75, 3.05) is 26.2 Å². The lowest BCUT2D eigenvalue weighted by Gasteiger charge is -2.33. The maximum Gasteiger partial charge on any atom is 0.410 e. The lowest BCUT2D eigenvalue weighted by molar-refractivity contribution is 0.0751. The van der Waals surface area contributed by atoms with Gasteiger partial charge in [-0.25, -0.2) is 9.18 Å². The number of rotatable bonds is 7. The van der Waals surface area contributed by atoms with Crippen LogP contribution in [-0.2, 0) is 11.3 Å². The Morgan fingerprint density at radius 2 is 2.25 bits per heavy atom. The third-order valence-corrected chi connectivity index (χ3v) is 4.12. The number of unbranched alkanes of at least 4 members (excludes halogenated alkanes) is 2. The van der Waals surface area contributed by atoms with Crippen LogP contribution in [0.1, 0.15) is 38.7 Å². The summed E-state index contributed by atoms with van der Waals surface area (Å²) >= 11 is 0. The lowest BCUT2D eigenvalue weighted by atomic mass is 10.2. The van der Waals surface area contributed by atoms with E-state index in [4.69, 9.17) is 9.47 Å². The van der Waals surface area contributed by atoms with Crippen LogP contribution >= 0.6 is 0 Å². The Hall–Kier alpha value is -1.82. The highest BCUT2D eigenvalue weighted by molar-refractivity contribution is 5.68. The fourth-order valence-electron chi connectivity index (χ4n) is 2.63. The van der Waals surface area contributed by atoms with Gasteiger partial charge < -0.3 is 19.7 Å². The zero-order valence-corrected chi connectivity index (χ0v) is 14.5. The number of hydrogen-bond donors (Lipinski definition) is 1. The van der Waals surface area contributed by atoms with Crippen LogP contribution in [0.15, 0.2) is 18.2 Å². The summed E-state index contributed by atoms with van der Waals surface area (Å²) < 4.78 is 24.8. The number of carbonyl (C=O) groups is 1. The molecule has 134 valence electrons. The predicted octanol–water partition coefficient (Wildman–Crippen LogP) is 3.33. The molecule has 1 saturated heterocycles. The number of carbonyl (C=O) groups excluding carboxylic acids is 1. The number of ether oxygens (including phenoxy) is 2. The van der Waals surface area contributed by atoms with Gasteiger partial charge in [0.05, 0.1) is 6.61 Å². The van der Waals surface area contributed by atoms with Gasteiger partial charge in [0.15, 0.2) is 0 Å². The van der Waals surface area contributed by atoms with Crippen molar-refractivity contribution in [3.8, 4) is 5.75 Å². The van der Waals surface area contributed by atoms with Crippen molar-refractivity contribution >= 4 is 6.09 Å². The third-order valence-electron chi connectivity index (χ3n) is 4.12. The fraction of sp³-hybridized carbons (Fsp3) is 0.611. The van der Waals surface area contributed by atoms with Crippen LogP contribution in [0.3, 0.4) is 0 Å². The summed E-state index contributed by atoms with van der Waals surface area (Å²) in [6.07, 6.45) is 2.80. The minimum absolute atomic E-state index is 0.0735. The number of benzene rings is 1. The Morgan fingerprint density at radius 3 is 3.00 bits per heavy atom. The smallest absolute Gasteiger partial charge is 0.410 e. The number of amides is 1. The molecule has 1 heterocycles. The van der Waals surface area contributed by atoms with Gasteiger partial charge in [-0.2, -0.15) is 0 Å². The quantitative estimate of drug-likeness (QED) is 0.775. The standard InChI is InChI=1S/C18H27FN2O3/c1-3-4-5-10-23-16-6-7-17(19)15(11-16)13-24-18(22)21-9-8-20-12-14(21)2/h6-7,11,14,20H,3-5,8-10,12-13H2,1-2H3/t14-/m1/s1. The van der Waals surface area contributed by atoms with Gasteiger partial charge in [0.1, 0.15) is 18.2 Å². The van der Waals surface area contributed by atoms with Gasteiger partial charge in [-0.3, -0.25) is 0 Å². The largest absolute Gasteiger partial charge is 0.494 e. The van der Waals surface area contributed by atoms with Gasteiger partial charge in [0.25, 0.3) is 0 Å². The minimum atomic E-state index is -0.405. The number of hydrogen-bond acceptors (Lipinski definition) is 4. The summed E-state index contributed by atoms with van der Waals surface area (Å²) in [5, 5.41) is 3.21. The molecule has 1 aliphatic heterocycles. The average molecular weight is 338 g/mol. The first-order chi connectivity index (χ1) is 11.6. The van der Waals surface area contributed by atoms with E-state index in [-0.39, 0.29) is 12.6 Å². The molecule has 1 fully saturated rings. The summed E-state index contributed by atoms with van der Waals surface area (Å²) in [4.78, 5) is 13.8. The van der Waals surface area contributed by atoms with E-state index in [0.29, 0.717) is 24.5 Å². The number of nitrogens with one attached hydrogen (secondary N) is 1. The molecule has 0 unspecified atom stereocenters. The van der Waals surface area contributed by atoms with Gasteiger partial charge in [-0.1, -0.05) is 19.8 Å². The monoisotopic (exact) mass is 338 g/mol. The molecule has 24 heavy (non-hydrogen) atoms. The van der Waals surface area contributed by atoms with Crippen molar-refractivity contribution in [3.63, 3.8) is 0 Å². The van der Waals surface area contributed by atoms with Crippen molar-refractivity contribution in [2.45, 2.75) is 45.8 Å². The Labute approximate surface area is 143 Å². The molecule has 1 aromatic rings. The first kappa shape index (κ1) is 18.5. The molecule has 6 heteroatoms. The van der Waals surface area contributed by atoms with Crippen LogP contribution in [0.4, 0.5) is 9.18 Å². The van der Waals surface area contributed by atoms with E-state index < -0.39 is 11.9 Å². The Morgan fingerprint density at radius 1 is 1.42 bits per heavy atom. The van der Waals surface area contributed by atoms with E-state index in [2.05, 4.69) is 12.2 Å². The number of piperazine rings is 1. The maximum atomic E-state index is 13.9. The highest BCUT2D eigenvalue weighted by Crippen LogP contribution is 2.19. The molecular formula is C18H27FN2O3. The highest BCUT2D eigenvalue weighted by Gasteiger charge is 2.24. The van der Waals surface area contributed by atoms with Gasteiger partial charge >= 0.3 is 6.09 Å². The number of nitrogens with zero attached hydrogens (tertiary/aromatic N) is 1. The van der Waals surface area contributed by atoms with E-state index >= 15 is 0 Å². The minimum Gasteiger partial charge on any atom is -0.494 e. The zero-order chi connectivity index (χ0) is 17.4. The molecule has 0 radical (unpaired) electrons. The first-order valence-corrected chi connectivity index (χ1v) is 8.67. The van der Waals surface area contributed by atoms with Crippen LogP contribution in [0.25, 0.3) is 0 Å². The molecule has 0 saturated carbocycles. The fourth-order valence-corrected chi connectivity index (χ4v) is 2.63. The summed E-state index contributed by atoms with van der Waals surface area (Å²) in [5.41, 5.74) is 0.333. The van der Waals surface area contributed by atoms with Crippen molar-refractivity contribution < 1.29 is 18.7 Å². The molecule has 0 aliphatic carbocycles. The van der Waals surface area contributed by atoms with Gasteiger partial charge in [-0.15, -0.1) is 0 Å². The highest BCUT2D eigenvalue weighted by atomic mass is 19.1. The molecule has 1 aliphatic rings. The van der Waals surface area contributed by atoms with Gasteiger partial charge in [-0.05, 0) is 31.5 Å². The van der Waals surface area contributed by atoms with E-state index in [1.54, 1.807) is 17.0 Å².